The second-order valence-corrected chi connectivity index (χ2v) is 9.00. The zero-order valence-electron chi connectivity index (χ0n) is 18.1. The number of likely N-dealkylation sites (tertiary alicyclic amines) is 1. The highest BCUT2D eigenvalue weighted by atomic mass is 16.2. The summed E-state index contributed by atoms with van der Waals surface area (Å²) in [6.45, 7) is 5.81. The van der Waals surface area contributed by atoms with E-state index in [1.807, 2.05) is 17.0 Å². The number of piperidine rings is 1. The molecule has 1 aliphatic heterocycles. The molecule has 0 radical (unpaired) electrons. The Morgan fingerprint density at radius 1 is 0.871 bits per heavy atom. The molecule has 2 aliphatic rings. The van der Waals surface area contributed by atoms with Gasteiger partial charge in [0.25, 0.3) is 11.8 Å². The summed E-state index contributed by atoms with van der Waals surface area (Å²) in [6, 6.07) is 13.9. The lowest BCUT2D eigenvalue weighted by Crippen LogP contribution is -2.42. The molecule has 2 atom stereocenters. The van der Waals surface area contributed by atoms with E-state index in [9.17, 15) is 14.4 Å². The number of hydrogen-bond donors (Lipinski definition) is 2. The Morgan fingerprint density at radius 2 is 1.52 bits per heavy atom. The van der Waals surface area contributed by atoms with Gasteiger partial charge in [-0.3, -0.25) is 14.4 Å². The van der Waals surface area contributed by atoms with Crippen LogP contribution in [0.4, 0.5) is 11.4 Å². The van der Waals surface area contributed by atoms with E-state index in [-0.39, 0.29) is 23.6 Å². The fourth-order valence-electron chi connectivity index (χ4n) is 4.27. The highest BCUT2D eigenvalue weighted by Gasteiger charge is 2.30. The molecule has 0 bridgehead atoms. The maximum absolute atomic E-state index is 13.2. The van der Waals surface area contributed by atoms with Gasteiger partial charge in [-0.05, 0) is 67.5 Å². The molecule has 2 unspecified atom stereocenters. The summed E-state index contributed by atoms with van der Waals surface area (Å²) < 4.78 is 0. The Bertz CT molecular complexity index is 972. The van der Waals surface area contributed by atoms with Gasteiger partial charge in [-0.2, -0.15) is 0 Å². The number of anilines is 2. The summed E-state index contributed by atoms with van der Waals surface area (Å²) in [7, 11) is 0. The average molecular weight is 420 g/mol. The van der Waals surface area contributed by atoms with Crippen molar-refractivity contribution in [1.29, 1.82) is 0 Å². The van der Waals surface area contributed by atoms with Gasteiger partial charge < -0.3 is 15.5 Å². The normalized spacial score (nSPS) is 20.8. The zero-order valence-corrected chi connectivity index (χ0v) is 18.1. The number of para-hydroxylation sites is 1. The molecule has 4 rings (SSSR count). The van der Waals surface area contributed by atoms with Gasteiger partial charge in [0.05, 0.1) is 11.3 Å². The lowest BCUT2D eigenvalue weighted by Gasteiger charge is -2.35. The van der Waals surface area contributed by atoms with E-state index in [4.69, 9.17) is 0 Å². The Balaban J connectivity index is 1.45. The first-order valence-corrected chi connectivity index (χ1v) is 11.0. The topological polar surface area (TPSA) is 78.5 Å². The lowest BCUT2D eigenvalue weighted by atomic mass is 9.91. The molecule has 0 spiro atoms. The summed E-state index contributed by atoms with van der Waals surface area (Å²) in [5.74, 6) is 0.753. The van der Waals surface area contributed by atoms with Crippen LogP contribution < -0.4 is 10.6 Å². The predicted octanol–water partition coefficient (Wildman–Crippen LogP) is 4.41. The highest BCUT2D eigenvalue weighted by molar-refractivity contribution is 6.09. The zero-order chi connectivity index (χ0) is 22.0. The van der Waals surface area contributed by atoms with Crippen molar-refractivity contribution in [2.75, 3.05) is 23.7 Å². The van der Waals surface area contributed by atoms with Crippen LogP contribution in [0.2, 0.25) is 0 Å². The van der Waals surface area contributed by atoms with E-state index in [0.29, 0.717) is 34.3 Å². The van der Waals surface area contributed by atoms with Crippen LogP contribution in [0.3, 0.4) is 0 Å². The van der Waals surface area contributed by atoms with Gasteiger partial charge in [-0.15, -0.1) is 0 Å². The minimum absolute atomic E-state index is 0.0333. The Hall–Kier alpha value is -3.15. The van der Waals surface area contributed by atoms with Crippen LogP contribution in [-0.2, 0) is 4.79 Å². The van der Waals surface area contributed by atoms with Crippen LogP contribution in [0, 0.1) is 17.8 Å². The first kappa shape index (κ1) is 21.1. The molecular formula is C25H29N3O3. The molecule has 6 heteroatoms. The van der Waals surface area contributed by atoms with Crippen molar-refractivity contribution in [3.05, 3.63) is 59.7 Å². The van der Waals surface area contributed by atoms with Crippen LogP contribution in [-0.4, -0.2) is 35.7 Å². The van der Waals surface area contributed by atoms with Crippen molar-refractivity contribution in [3.63, 3.8) is 0 Å². The fourth-order valence-corrected chi connectivity index (χ4v) is 4.27. The number of hydrogen-bond acceptors (Lipinski definition) is 3. The van der Waals surface area contributed by atoms with E-state index in [0.717, 1.165) is 32.4 Å². The molecule has 2 aromatic rings. The van der Waals surface area contributed by atoms with Gasteiger partial charge in [0.15, 0.2) is 0 Å². The van der Waals surface area contributed by atoms with E-state index >= 15 is 0 Å². The molecule has 3 amide bonds. The van der Waals surface area contributed by atoms with Crippen molar-refractivity contribution in [2.24, 2.45) is 17.8 Å². The molecule has 2 fully saturated rings. The molecule has 162 valence electrons. The molecule has 1 aliphatic carbocycles. The molecule has 1 saturated heterocycles. The molecule has 6 nitrogen and oxygen atoms in total. The van der Waals surface area contributed by atoms with Gasteiger partial charge in [-0.1, -0.05) is 26.0 Å². The molecule has 0 aromatic heterocycles. The number of amides is 3. The monoisotopic (exact) mass is 419 g/mol. The number of carbonyl (C=O) groups excluding carboxylic acids is 3. The molecule has 31 heavy (non-hydrogen) atoms. The second kappa shape index (κ2) is 8.92. The Labute approximate surface area is 183 Å². The van der Waals surface area contributed by atoms with E-state index in [1.54, 1.807) is 36.4 Å². The molecule has 2 N–H and O–H groups in total. The molecule has 2 aromatic carbocycles. The van der Waals surface area contributed by atoms with Crippen LogP contribution >= 0.6 is 0 Å². The van der Waals surface area contributed by atoms with Crippen molar-refractivity contribution in [1.82, 2.24) is 4.90 Å². The van der Waals surface area contributed by atoms with Gasteiger partial charge in [0.2, 0.25) is 5.91 Å². The van der Waals surface area contributed by atoms with Crippen molar-refractivity contribution in [3.8, 4) is 0 Å². The van der Waals surface area contributed by atoms with Gasteiger partial charge in [0, 0.05) is 30.3 Å². The highest BCUT2D eigenvalue weighted by Crippen LogP contribution is 2.30. The predicted molar refractivity (Wildman–Crippen MR) is 121 cm³/mol. The second-order valence-electron chi connectivity index (χ2n) is 9.00. The maximum atomic E-state index is 13.2. The maximum Gasteiger partial charge on any atom is 0.255 e. The van der Waals surface area contributed by atoms with E-state index in [1.165, 1.54) is 0 Å². The third-order valence-corrected chi connectivity index (χ3v) is 5.92. The van der Waals surface area contributed by atoms with Crippen LogP contribution in [0.15, 0.2) is 48.5 Å². The van der Waals surface area contributed by atoms with Crippen molar-refractivity contribution in [2.45, 2.75) is 33.1 Å². The molecule has 1 heterocycles. The first-order chi connectivity index (χ1) is 14.9. The van der Waals surface area contributed by atoms with Gasteiger partial charge in [0.1, 0.15) is 0 Å². The standard InChI is InChI=1S/C25H29N3O3/c1-16-13-17(2)15-28(14-16)25(31)21-5-3-4-6-22(21)27-24(30)19-9-11-20(12-10-19)26-23(29)18-7-8-18/h3-6,9-12,16-18H,7-8,13-15H2,1-2H3,(H,26,29)(H,27,30). The van der Waals surface area contributed by atoms with Crippen LogP contribution in [0.5, 0.6) is 0 Å². The van der Waals surface area contributed by atoms with Crippen molar-refractivity contribution < 1.29 is 14.4 Å². The van der Waals surface area contributed by atoms with Crippen LogP contribution in [0.1, 0.15) is 53.8 Å². The minimum atomic E-state index is -0.291. The summed E-state index contributed by atoms with van der Waals surface area (Å²) in [5, 5.41) is 5.75. The minimum Gasteiger partial charge on any atom is -0.338 e. The van der Waals surface area contributed by atoms with Gasteiger partial charge in [-0.25, -0.2) is 0 Å². The third kappa shape index (κ3) is 5.13. The Kier molecular flexibility index (Phi) is 6.07. The number of rotatable bonds is 5. The summed E-state index contributed by atoms with van der Waals surface area (Å²) >= 11 is 0. The number of carbonyl (C=O) groups is 3. The summed E-state index contributed by atoms with van der Waals surface area (Å²) in [5.41, 5.74) is 2.16. The lowest BCUT2D eigenvalue weighted by molar-refractivity contribution is -0.117. The SMILES string of the molecule is CC1CC(C)CN(C(=O)c2ccccc2NC(=O)c2ccc(NC(=O)C3CC3)cc2)C1. The largest absolute Gasteiger partial charge is 0.338 e. The Morgan fingerprint density at radius 3 is 2.16 bits per heavy atom. The average Bonchev–Trinajstić information content (AvgIpc) is 3.59. The summed E-state index contributed by atoms with van der Waals surface area (Å²) in [4.78, 5) is 39.7. The molecule has 1 saturated carbocycles. The van der Waals surface area contributed by atoms with E-state index < -0.39 is 0 Å². The van der Waals surface area contributed by atoms with Crippen molar-refractivity contribution >= 4 is 29.1 Å². The number of nitrogens with zero attached hydrogens (tertiary/aromatic N) is 1. The fraction of sp³-hybridized carbons (Fsp3) is 0.400. The van der Waals surface area contributed by atoms with Gasteiger partial charge >= 0.3 is 0 Å². The smallest absolute Gasteiger partial charge is 0.255 e. The first-order valence-electron chi connectivity index (χ1n) is 11.0. The molecular weight excluding hydrogens is 390 g/mol. The summed E-state index contributed by atoms with van der Waals surface area (Å²) in [6.07, 6.45) is 3.01. The third-order valence-electron chi connectivity index (χ3n) is 5.92. The number of nitrogens with one attached hydrogen (secondary N) is 2. The quantitative estimate of drug-likeness (QED) is 0.754. The number of benzene rings is 2. The van der Waals surface area contributed by atoms with Crippen LogP contribution in [0.25, 0.3) is 0 Å². The van der Waals surface area contributed by atoms with E-state index in [2.05, 4.69) is 24.5 Å².